The molecule has 3 heterocycles. The highest BCUT2D eigenvalue weighted by molar-refractivity contribution is 7.98. The van der Waals surface area contributed by atoms with E-state index in [-0.39, 0.29) is 0 Å². The van der Waals surface area contributed by atoms with Crippen LogP contribution in [0.4, 0.5) is 0 Å². The molecule has 4 nitrogen and oxygen atoms in total. The van der Waals surface area contributed by atoms with Crippen LogP contribution in [0.2, 0.25) is 0 Å². The number of thiophene rings is 1. The molecule has 3 aromatic rings. The molecule has 0 amide bonds. The molecule has 0 radical (unpaired) electrons. The molecule has 0 aromatic carbocycles. The molecule has 19 heavy (non-hydrogen) atoms. The van der Waals surface area contributed by atoms with Gasteiger partial charge in [0.15, 0.2) is 10.8 Å². The second-order valence-corrected chi connectivity index (χ2v) is 6.98. The monoisotopic (exact) mass is 290 g/mol. The van der Waals surface area contributed by atoms with Crippen LogP contribution in [0.25, 0.3) is 15.9 Å². The van der Waals surface area contributed by atoms with Gasteiger partial charge in [0.1, 0.15) is 11.2 Å². The number of thioether (sulfide) groups is 1. The predicted molar refractivity (Wildman–Crippen MR) is 79.1 cm³/mol. The lowest BCUT2D eigenvalue weighted by Crippen LogP contribution is -2.09. The third-order valence-electron chi connectivity index (χ3n) is 3.82. The molecule has 0 spiro atoms. The van der Waals surface area contributed by atoms with Crippen LogP contribution in [-0.4, -0.2) is 25.8 Å². The fourth-order valence-electron chi connectivity index (χ4n) is 2.87. The molecular formula is C13H14N4S2. The Morgan fingerprint density at radius 2 is 2.37 bits per heavy atom. The Bertz CT molecular complexity index is 774. The minimum Gasteiger partial charge on any atom is -0.214 e. The van der Waals surface area contributed by atoms with Gasteiger partial charge in [-0.05, 0) is 37.0 Å². The molecule has 0 aliphatic heterocycles. The highest BCUT2D eigenvalue weighted by Crippen LogP contribution is 2.39. The summed E-state index contributed by atoms with van der Waals surface area (Å²) in [6.45, 7) is 2.33. The van der Waals surface area contributed by atoms with Crippen LogP contribution in [0.15, 0.2) is 11.5 Å². The second kappa shape index (κ2) is 4.18. The van der Waals surface area contributed by atoms with Crippen molar-refractivity contribution in [2.45, 2.75) is 31.3 Å². The summed E-state index contributed by atoms with van der Waals surface area (Å²) in [5.41, 5.74) is 2.44. The van der Waals surface area contributed by atoms with Crippen molar-refractivity contribution in [3.63, 3.8) is 0 Å². The van der Waals surface area contributed by atoms with Crippen LogP contribution in [0.5, 0.6) is 0 Å². The predicted octanol–water partition coefficient (Wildman–Crippen LogP) is 3.19. The van der Waals surface area contributed by atoms with E-state index in [1.807, 2.05) is 22.1 Å². The molecule has 0 unspecified atom stereocenters. The van der Waals surface area contributed by atoms with E-state index in [1.165, 1.54) is 28.7 Å². The minimum absolute atomic E-state index is 0.758. The first-order valence-electron chi connectivity index (χ1n) is 6.46. The highest BCUT2D eigenvalue weighted by atomic mass is 32.2. The number of rotatable bonds is 1. The molecular weight excluding hydrogens is 276 g/mol. The summed E-state index contributed by atoms with van der Waals surface area (Å²) in [4.78, 5) is 11.9. The maximum Gasteiger partial charge on any atom is 0.192 e. The van der Waals surface area contributed by atoms with Crippen molar-refractivity contribution in [2.24, 2.45) is 5.92 Å². The standard InChI is InChI=1S/C13H14N4S2/c1-7-3-4-9-8(5-7)10-11-14-6-15-17(11)13(18-2)16-12(10)19-9/h6-7H,3-5H2,1-2H3/t7-/m1/s1. The van der Waals surface area contributed by atoms with Crippen molar-refractivity contribution in [1.82, 2.24) is 19.6 Å². The fourth-order valence-corrected chi connectivity index (χ4v) is 4.63. The van der Waals surface area contributed by atoms with Crippen LogP contribution in [0.3, 0.4) is 0 Å². The Labute approximate surface area is 119 Å². The number of hydrogen-bond acceptors (Lipinski definition) is 5. The summed E-state index contributed by atoms with van der Waals surface area (Å²) in [6, 6.07) is 0. The van der Waals surface area contributed by atoms with E-state index >= 15 is 0 Å². The Morgan fingerprint density at radius 3 is 3.21 bits per heavy atom. The molecule has 6 heteroatoms. The molecule has 98 valence electrons. The van der Waals surface area contributed by atoms with Crippen LogP contribution >= 0.6 is 23.1 Å². The molecule has 4 rings (SSSR count). The van der Waals surface area contributed by atoms with Gasteiger partial charge in [-0.1, -0.05) is 18.7 Å². The van der Waals surface area contributed by atoms with Gasteiger partial charge in [0.25, 0.3) is 0 Å². The van der Waals surface area contributed by atoms with Crippen molar-refractivity contribution in [1.29, 1.82) is 0 Å². The molecule has 1 aliphatic rings. The maximum absolute atomic E-state index is 4.77. The van der Waals surface area contributed by atoms with Crippen LogP contribution < -0.4 is 0 Å². The zero-order chi connectivity index (χ0) is 13.0. The average Bonchev–Trinajstić information content (AvgIpc) is 3.00. The van der Waals surface area contributed by atoms with Gasteiger partial charge < -0.3 is 0 Å². The van der Waals surface area contributed by atoms with Gasteiger partial charge in [-0.2, -0.15) is 9.61 Å². The van der Waals surface area contributed by atoms with E-state index in [0.29, 0.717) is 0 Å². The van der Waals surface area contributed by atoms with E-state index in [4.69, 9.17) is 4.98 Å². The van der Waals surface area contributed by atoms with E-state index in [9.17, 15) is 0 Å². The Balaban J connectivity index is 2.12. The van der Waals surface area contributed by atoms with E-state index in [1.54, 1.807) is 18.1 Å². The first-order chi connectivity index (χ1) is 9.28. The molecule has 0 N–H and O–H groups in total. The Morgan fingerprint density at radius 1 is 1.47 bits per heavy atom. The summed E-state index contributed by atoms with van der Waals surface area (Å²) < 4.78 is 1.87. The van der Waals surface area contributed by atoms with Crippen molar-refractivity contribution < 1.29 is 0 Å². The van der Waals surface area contributed by atoms with Crippen LogP contribution in [0, 0.1) is 5.92 Å². The van der Waals surface area contributed by atoms with Crippen molar-refractivity contribution in [3.05, 3.63) is 16.8 Å². The van der Waals surface area contributed by atoms with Crippen molar-refractivity contribution in [2.75, 3.05) is 6.26 Å². The van der Waals surface area contributed by atoms with Crippen LogP contribution in [-0.2, 0) is 12.8 Å². The summed E-state index contributed by atoms with van der Waals surface area (Å²) in [5.74, 6) is 0.758. The lowest BCUT2D eigenvalue weighted by atomic mass is 9.89. The summed E-state index contributed by atoms with van der Waals surface area (Å²) in [5, 5.41) is 6.47. The Kier molecular flexibility index (Phi) is 2.57. The molecule has 0 fully saturated rings. The first-order valence-corrected chi connectivity index (χ1v) is 8.50. The third kappa shape index (κ3) is 1.63. The van der Waals surface area contributed by atoms with Gasteiger partial charge in [0, 0.05) is 4.88 Å². The quantitative estimate of drug-likeness (QED) is 0.510. The zero-order valence-electron chi connectivity index (χ0n) is 10.9. The van der Waals surface area contributed by atoms with Crippen molar-refractivity contribution in [3.8, 4) is 0 Å². The number of aryl methyl sites for hydroxylation is 1. The smallest absolute Gasteiger partial charge is 0.192 e. The lowest BCUT2D eigenvalue weighted by Gasteiger charge is -2.17. The molecule has 1 aliphatic carbocycles. The maximum atomic E-state index is 4.77. The number of fused-ring (bicyclic) bond motifs is 5. The second-order valence-electron chi connectivity index (χ2n) is 5.13. The van der Waals surface area contributed by atoms with Gasteiger partial charge >= 0.3 is 0 Å². The largest absolute Gasteiger partial charge is 0.214 e. The van der Waals surface area contributed by atoms with E-state index in [2.05, 4.69) is 17.0 Å². The van der Waals surface area contributed by atoms with Gasteiger partial charge in [-0.3, -0.25) is 0 Å². The summed E-state index contributed by atoms with van der Waals surface area (Å²) >= 11 is 3.46. The first kappa shape index (κ1) is 11.7. The summed E-state index contributed by atoms with van der Waals surface area (Å²) in [6.07, 6.45) is 7.29. The van der Waals surface area contributed by atoms with Crippen molar-refractivity contribution >= 4 is 39.0 Å². The Hall–Kier alpha value is -1.14. The normalized spacial score (nSPS) is 19.2. The number of hydrogen-bond donors (Lipinski definition) is 0. The highest BCUT2D eigenvalue weighted by Gasteiger charge is 2.24. The molecule has 0 saturated carbocycles. The average molecular weight is 290 g/mol. The third-order valence-corrected chi connectivity index (χ3v) is 5.64. The van der Waals surface area contributed by atoms with E-state index in [0.717, 1.165) is 28.0 Å². The van der Waals surface area contributed by atoms with Gasteiger partial charge in [-0.25, -0.2) is 9.97 Å². The minimum atomic E-state index is 0.758. The number of nitrogens with zero attached hydrogens (tertiary/aromatic N) is 4. The zero-order valence-corrected chi connectivity index (χ0v) is 12.5. The lowest BCUT2D eigenvalue weighted by molar-refractivity contribution is 0.508. The van der Waals surface area contributed by atoms with Gasteiger partial charge in [0.05, 0.1) is 5.39 Å². The fraction of sp³-hybridized carbons (Fsp3) is 0.462. The molecule has 0 bridgehead atoms. The van der Waals surface area contributed by atoms with Crippen LogP contribution in [0.1, 0.15) is 23.8 Å². The van der Waals surface area contributed by atoms with Gasteiger partial charge in [-0.15, -0.1) is 11.3 Å². The number of aromatic nitrogens is 4. The molecule has 3 aromatic heterocycles. The van der Waals surface area contributed by atoms with E-state index < -0.39 is 0 Å². The topological polar surface area (TPSA) is 43.1 Å². The molecule has 0 saturated heterocycles. The SMILES string of the molecule is CSc1nc2sc3c(c2c2ncnn12)C[C@H](C)CC3. The molecule has 1 atom stereocenters. The van der Waals surface area contributed by atoms with Gasteiger partial charge in [0.2, 0.25) is 0 Å². The summed E-state index contributed by atoms with van der Waals surface area (Å²) in [7, 11) is 0.